The molecule has 0 atom stereocenters. The molecule has 6 nitrogen and oxygen atoms in total. The normalized spacial score (nSPS) is 14.9. The summed E-state index contributed by atoms with van der Waals surface area (Å²) in [7, 11) is 0. The molecule has 0 aliphatic carbocycles. The summed E-state index contributed by atoms with van der Waals surface area (Å²) in [6.45, 7) is 12.2. The van der Waals surface area contributed by atoms with Crippen molar-refractivity contribution in [2.24, 2.45) is 5.92 Å². The molecule has 1 aromatic heterocycles. The van der Waals surface area contributed by atoms with Crippen molar-refractivity contribution in [1.29, 1.82) is 0 Å². The van der Waals surface area contributed by atoms with E-state index in [-0.39, 0.29) is 5.91 Å². The minimum Gasteiger partial charge on any atom is -0.492 e. The third-order valence-electron chi connectivity index (χ3n) is 7.20. The summed E-state index contributed by atoms with van der Waals surface area (Å²) in [4.78, 5) is 21.6. The molecular weight excluding hydrogens is 448 g/mol. The van der Waals surface area contributed by atoms with Crippen molar-refractivity contribution in [3.05, 3.63) is 65.9 Å². The zero-order chi connectivity index (χ0) is 25.3. The molecule has 0 saturated carbocycles. The predicted molar refractivity (Wildman–Crippen MR) is 148 cm³/mol. The number of anilines is 1. The highest BCUT2D eigenvalue weighted by atomic mass is 16.5. The predicted octanol–water partition coefficient (Wildman–Crippen LogP) is 5.16. The van der Waals surface area contributed by atoms with Crippen molar-refractivity contribution in [3.8, 4) is 5.75 Å². The van der Waals surface area contributed by atoms with E-state index in [4.69, 9.17) is 4.74 Å². The largest absolute Gasteiger partial charge is 0.492 e. The Morgan fingerprint density at radius 2 is 1.86 bits per heavy atom. The van der Waals surface area contributed by atoms with Crippen molar-refractivity contribution < 1.29 is 9.53 Å². The number of fused-ring (bicyclic) bond motifs is 1. The van der Waals surface area contributed by atoms with Crippen molar-refractivity contribution in [1.82, 2.24) is 14.8 Å². The summed E-state index contributed by atoms with van der Waals surface area (Å²) >= 11 is 0. The average molecular weight is 489 g/mol. The van der Waals surface area contributed by atoms with Crippen molar-refractivity contribution in [3.63, 3.8) is 0 Å². The molecule has 6 heteroatoms. The van der Waals surface area contributed by atoms with Gasteiger partial charge in [0.2, 0.25) is 5.91 Å². The van der Waals surface area contributed by atoms with Crippen LogP contribution < -0.4 is 10.1 Å². The van der Waals surface area contributed by atoms with E-state index in [1.54, 1.807) is 0 Å². The van der Waals surface area contributed by atoms with Crippen LogP contribution in [0.4, 0.5) is 5.69 Å². The molecule has 4 rings (SSSR count). The van der Waals surface area contributed by atoms with Crippen molar-refractivity contribution >= 4 is 22.5 Å². The number of aryl methyl sites for hydroxylation is 1. The van der Waals surface area contributed by atoms with Crippen LogP contribution in [-0.2, 0) is 11.2 Å². The summed E-state index contributed by atoms with van der Waals surface area (Å²) in [5.74, 6) is 1.65. The molecule has 192 valence electrons. The Labute approximate surface area is 215 Å². The number of aromatic nitrogens is 1. The minimum atomic E-state index is 0.0567. The lowest BCUT2D eigenvalue weighted by Crippen LogP contribution is -2.37. The molecule has 2 heterocycles. The van der Waals surface area contributed by atoms with Gasteiger partial charge >= 0.3 is 0 Å². The fourth-order valence-corrected chi connectivity index (χ4v) is 5.01. The summed E-state index contributed by atoms with van der Waals surface area (Å²) in [5.41, 5.74) is 4.21. The number of rotatable bonds is 11. The maximum Gasteiger partial charge on any atom is 0.238 e. The monoisotopic (exact) mass is 488 g/mol. The topological polar surface area (TPSA) is 57.7 Å². The van der Waals surface area contributed by atoms with Crippen LogP contribution in [0.1, 0.15) is 37.9 Å². The number of hydrogen-bond donors (Lipinski definition) is 1. The number of nitrogens with zero attached hydrogens (tertiary/aromatic N) is 3. The van der Waals surface area contributed by atoms with Gasteiger partial charge in [-0.25, -0.2) is 0 Å². The molecule has 3 aromatic rings. The van der Waals surface area contributed by atoms with Crippen LogP contribution in [0.2, 0.25) is 0 Å². The van der Waals surface area contributed by atoms with E-state index in [9.17, 15) is 4.79 Å². The number of benzene rings is 2. The molecule has 1 amide bonds. The maximum absolute atomic E-state index is 12.4. The number of nitrogens with one attached hydrogen (secondary N) is 1. The highest BCUT2D eigenvalue weighted by molar-refractivity contribution is 5.92. The van der Waals surface area contributed by atoms with Crippen LogP contribution in [0, 0.1) is 12.8 Å². The number of likely N-dealkylation sites (tertiary alicyclic amines) is 1. The number of carbonyl (C=O) groups excluding carboxylic acids is 1. The molecule has 1 saturated heterocycles. The van der Waals surface area contributed by atoms with Gasteiger partial charge in [0.25, 0.3) is 0 Å². The van der Waals surface area contributed by atoms with E-state index in [1.165, 1.54) is 18.4 Å². The standard InChI is InChI=1S/C30H40N4O2/c1-4-33(5-2)22-30(35)32-26-9-6-8-25(21-26)20-24-14-16-34(17-15-24)18-19-36-29-11-7-10-28-27(29)13-12-23(3)31-28/h6-13,21,24H,4-5,14-20,22H2,1-3H3,(H,32,35). The summed E-state index contributed by atoms with van der Waals surface area (Å²) in [6.07, 6.45) is 3.44. The lowest BCUT2D eigenvalue weighted by molar-refractivity contribution is -0.117. The first kappa shape index (κ1) is 26.1. The van der Waals surface area contributed by atoms with Gasteiger partial charge in [-0.05, 0) is 100 Å². The number of likely N-dealkylation sites (N-methyl/N-ethyl adjacent to an activating group) is 1. The Kier molecular flexibility index (Phi) is 9.31. The number of carbonyl (C=O) groups is 1. The van der Waals surface area contributed by atoms with E-state index in [0.29, 0.717) is 19.1 Å². The van der Waals surface area contributed by atoms with Crippen molar-refractivity contribution in [2.75, 3.05) is 51.2 Å². The van der Waals surface area contributed by atoms with Crippen LogP contribution in [0.25, 0.3) is 10.9 Å². The smallest absolute Gasteiger partial charge is 0.238 e. The van der Waals surface area contributed by atoms with Crippen molar-refractivity contribution in [2.45, 2.75) is 40.0 Å². The fraction of sp³-hybridized carbons (Fsp3) is 0.467. The van der Waals surface area contributed by atoms with Gasteiger partial charge in [-0.2, -0.15) is 0 Å². The number of piperidine rings is 1. The molecule has 1 aliphatic rings. The molecule has 0 radical (unpaired) electrons. The Morgan fingerprint density at radius 3 is 2.64 bits per heavy atom. The summed E-state index contributed by atoms with van der Waals surface area (Å²) < 4.78 is 6.15. The number of ether oxygens (including phenoxy) is 1. The van der Waals surface area contributed by atoms with E-state index in [1.807, 2.05) is 37.3 Å². The molecule has 0 bridgehead atoms. The first-order valence-corrected chi connectivity index (χ1v) is 13.4. The van der Waals surface area contributed by atoms with Gasteiger partial charge in [0.1, 0.15) is 12.4 Å². The fourth-order valence-electron chi connectivity index (χ4n) is 5.01. The van der Waals surface area contributed by atoms with Crippen LogP contribution in [-0.4, -0.2) is 66.6 Å². The van der Waals surface area contributed by atoms with Gasteiger partial charge in [0.15, 0.2) is 0 Å². The molecule has 0 spiro atoms. The molecule has 1 aliphatic heterocycles. The summed E-state index contributed by atoms with van der Waals surface area (Å²) in [5, 5.41) is 4.15. The van der Waals surface area contributed by atoms with E-state index in [2.05, 4.69) is 58.2 Å². The Bertz CT molecular complexity index is 1140. The van der Waals surface area contributed by atoms with Gasteiger partial charge < -0.3 is 10.1 Å². The summed E-state index contributed by atoms with van der Waals surface area (Å²) in [6, 6.07) is 18.6. The Balaban J connectivity index is 1.21. The SMILES string of the molecule is CCN(CC)CC(=O)Nc1cccc(CC2CCN(CCOc3cccc4nc(C)ccc34)CC2)c1. The Hall–Kier alpha value is -2.96. The first-order valence-electron chi connectivity index (χ1n) is 13.4. The molecule has 36 heavy (non-hydrogen) atoms. The number of amides is 1. The zero-order valence-electron chi connectivity index (χ0n) is 22.0. The average Bonchev–Trinajstić information content (AvgIpc) is 2.88. The molecule has 1 N–H and O–H groups in total. The maximum atomic E-state index is 12.4. The van der Waals surface area contributed by atoms with Crippen LogP contribution in [0.15, 0.2) is 54.6 Å². The molecule has 1 fully saturated rings. The highest BCUT2D eigenvalue weighted by Crippen LogP contribution is 2.25. The van der Waals surface area contributed by atoms with Gasteiger partial charge in [0.05, 0.1) is 12.1 Å². The second-order valence-corrected chi connectivity index (χ2v) is 9.82. The van der Waals surface area contributed by atoms with Gasteiger partial charge in [-0.15, -0.1) is 0 Å². The lowest BCUT2D eigenvalue weighted by atomic mass is 9.90. The number of pyridine rings is 1. The zero-order valence-corrected chi connectivity index (χ0v) is 22.0. The third-order valence-corrected chi connectivity index (χ3v) is 7.20. The van der Waals surface area contributed by atoms with Crippen LogP contribution in [0.5, 0.6) is 5.75 Å². The molecular formula is C30H40N4O2. The first-order chi connectivity index (χ1) is 17.5. The van der Waals surface area contributed by atoms with E-state index < -0.39 is 0 Å². The van der Waals surface area contributed by atoms with E-state index in [0.717, 1.165) is 67.2 Å². The number of hydrogen-bond acceptors (Lipinski definition) is 5. The van der Waals surface area contributed by atoms with Crippen LogP contribution in [0.3, 0.4) is 0 Å². The highest BCUT2D eigenvalue weighted by Gasteiger charge is 2.20. The van der Waals surface area contributed by atoms with Gasteiger partial charge in [-0.3, -0.25) is 19.6 Å². The molecule has 2 aromatic carbocycles. The van der Waals surface area contributed by atoms with Gasteiger partial charge in [-0.1, -0.05) is 32.0 Å². The molecule has 0 unspecified atom stereocenters. The Morgan fingerprint density at radius 1 is 1.08 bits per heavy atom. The lowest BCUT2D eigenvalue weighted by Gasteiger charge is -2.32. The second kappa shape index (κ2) is 12.8. The van der Waals surface area contributed by atoms with Crippen LogP contribution >= 0.6 is 0 Å². The minimum absolute atomic E-state index is 0.0567. The third kappa shape index (κ3) is 7.28. The second-order valence-electron chi connectivity index (χ2n) is 9.82. The van der Waals surface area contributed by atoms with E-state index >= 15 is 0 Å². The van der Waals surface area contributed by atoms with Gasteiger partial charge in [0, 0.05) is 23.3 Å². The quantitative estimate of drug-likeness (QED) is 0.404.